The Hall–Kier alpha value is -1.03. The van der Waals surface area contributed by atoms with Crippen molar-refractivity contribution in [3.8, 4) is 0 Å². The Morgan fingerprint density at radius 2 is 2.11 bits per heavy atom. The molecule has 19 heavy (non-hydrogen) atoms. The van der Waals surface area contributed by atoms with Crippen molar-refractivity contribution in [2.24, 2.45) is 0 Å². The number of hydrogen-bond acceptors (Lipinski definition) is 3. The second-order valence-electron chi connectivity index (χ2n) is 5.09. The van der Waals surface area contributed by atoms with Gasteiger partial charge in [0.25, 0.3) is 0 Å². The van der Waals surface area contributed by atoms with Crippen LogP contribution in [0.5, 0.6) is 0 Å². The maximum absolute atomic E-state index is 9.13. The number of fused-ring (bicyclic) bond motifs is 1. The lowest BCUT2D eigenvalue weighted by Gasteiger charge is -2.29. The second kappa shape index (κ2) is 5.95. The molecule has 0 aliphatic heterocycles. The van der Waals surface area contributed by atoms with Gasteiger partial charge in [-0.1, -0.05) is 25.1 Å². The zero-order valence-electron chi connectivity index (χ0n) is 11.4. The summed E-state index contributed by atoms with van der Waals surface area (Å²) in [7, 11) is 0. The molecule has 0 saturated carbocycles. The maximum Gasteiger partial charge on any atom is 0.199 e. The lowest BCUT2D eigenvalue weighted by atomic mass is 9.94. The second-order valence-corrected chi connectivity index (χ2v) is 5.44. The summed E-state index contributed by atoms with van der Waals surface area (Å²) in [4.78, 5) is 0. The first-order valence-corrected chi connectivity index (χ1v) is 6.99. The van der Waals surface area contributed by atoms with Crippen molar-refractivity contribution in [2.45, 2.75) is 38.8 Å². The first-order valence-electron chi connectivity index (χ1n) is 6.61. The minimum absolute atomic E-state index is 0.0869. The highest BCUT2D eigenvalue weighted by atomic mass is 35.5. The molecule has 0 aliphatic rings. The van der Waals surface area contributed by atoms with Crippen molar-refractivity contribution in [1.82, 2.24) is 5.32 Å². The summed E-state index contributed by atoms with van der Waals surface area (Å²) in [6.45, 7) is 5.04. The number of para-hydroxylation sites is 1. The number of rotatable bonds is 6. The molecule has 0 spiro atoms. The van der Waals surface area contributed by atoms with E-state index in [4.69, 9.17) is 21.1 Å². The lowest BCUT2D eigenvalue weighted by molar-refractivity contribution is 0.214. The fraction of sp³-hybridized carbons (Fsp3) is 0.467. The number of nitrogens with one attached hydrogen (secondary N) is 1. The molecule has 4 heteroatoms. The summed E-state index contributed by atoms with van der Waals surface area (Å²) in [6, 6.07) is 7.83. The summed E-state index contributed by atoms with van der Waals surface area (Å²) in [5.41, 5.74) is 1.70. The van der Waals surface area contributed by atoms with Gasteiger partial charge in [-0.25, -0.2) is 0 Å². The Balaban J connectivity index is 2.19. The summed E-state index contributed by atoms with van der Waals surface area (Å²) >= 11 is 6.16. The van der Waals surface area contributed by atoms with Crippen LogP contribution in [-0.4, -0.2) is 17.3 Å². The van der Waals surface area contributed by atoms with Crippen molar-refractivity contribution in [2.75, 3.05) is 6.61 Å². The SMILES string of the molecule is CCC(C)(CCO)NCc1c(Cl)oc2ccccc12. The minimum Gasteiger partial charge on any atom is -0.444 e. The van der Waals surface area contributed by atoms with Gasteiger partial charge in [0, 0.05) is 29.6 Å². The van der Waals surface area contributed by atoms with Gasteiger partial charge in [0.1, 0.15) is 5.58 Å². The molecule has 2 aromatic rings. The van der Waals surface area contributed by atoms with E-state index in [1.807, 2.05) is 24.3 Å². The summed E-state index contributed by atoms with van der Waals surface area (Å²) in [5.74, 6) is 0. The van der Waals surface area contributed by atoms with E-state index in [9.17, 15) is 0 Å². The minimum atomic E-state index is -0.0869. The Morgan fingerprint density at radius 1 is 1.37 bits per heavy atom. The summed E-state index contributed by atoms with van der Waals surface area (Å²) in [5, 5.41) is 14.1. The quantitative estimate of drug-likeness (QED) is 0.848. The molecule has 1 heterocycles. The molecular weight excluding hydrogens is 262 g/mol. The molecule has 2 rings (SSSR count). The number of furan rings is 1. The average Bonchev–Trinajstić information content (AvgIpc) is 2.72. The normalized spacial score (nSPS) is 14.7. The van der Waals surface area contributed by atoms with Crippen LogP contribution in [0.4, 0.5) is 0 Å². The molecule has 0 saturated heterocycles. The van der Waals surface area contributed by atoms with Crippen molar-refractivity contribution in [3.05, 3.63) is 35.0 Å². The topological polar surface area (TPSA) is 45.4 Å². The maximum atomic E-state index is 9.13. The predicted octanol–water partition coefficient (Wildman–Crippen LogP) is 3.73. The van der Waals surface area contributed by atoms with Crippen LogP contribution in [0, 0.1) is 0 Å². The van der Waals surface area contributed by atoms with E-state index in [2.05, 4.69) is 19.2 Å². The van der Waals surface area contributed by atoms with E-state index < -0.39 is 0 Å². The molecule has 1 aromatic heterocycles. The number of hydrogen-bond donors (Lipinski definition) is 2. The molecule has 0 bridgehead atoms. The van der Waals surface area contributed by atoms with Crippen LogP contribution in [0.2, 0.25) is 5.22 Å². The molecule has 0 radical (unpaired) electrons. The molecule has 1 atom stereocenters. The van der Waals surface area contributed by atoms with Gasteiger partial charge in [-0.2, -0.15) is 0 Å². The van der Waals surface area contributed by atoms with Gasteiger partial charge in [-0.15, -0.1) is 0 Å². The first kappa shape index (κ1) is 14.4. The highest BCUT2D eigenvalue weighted by molar-refractivity contribution is 6.30. The van der Waals surface area contributed by atoms with Crippen LogP contribution in [0.3, 0.4) is 0 Å². The van der Waals surface area contributed by atoms with Gasteiger partial charge >= 0.3 is 0 Å². The van der Waals surface area contributed by atoms with E-state index in [1.165, 1.54) is 0 Å². The van der Waals surface area contributed by atoms with E-state index in [1.54, 1.807) is 0 Å². The third-order valence-electron chi connectivity index (χ3n) is 3.78. The molecule has 0 amide bonds. The molecule has 1 aromatic carbocycles. The van der Waals surface area contributed by atoms with Gasteiger partial charge in [-0.3, -0.25) is 0 Å². The van der Waals surface area contributed by atoms with Crippen molar-refractivity contribution >= 4 is 22.6 Å². The summed E-state index contributed by atoms with van der Waals surface area (Å²) < 4.78 is 5.53. The summed E-state index contributed by atoms with van der Waals surface area (Å²) in [6.07, 6.45) is 1.66. The van der Waals surface area contributed by atoms with Crippen molar-refractivity contribution < 1.29 is 9.52 Å². The van der Waals surface area contributed by atoms with Crippen LogP contribution >= 0.6 is 11.6 Å². The van der Waals surface area contributed by atoms with Gasteiger partial charge in [0.15, 0.2) is 5.22 Å². The van der Waals surface area contributed by atoms with Crippen LogP contribution in [0.25, 0.3) is 11.0 Å². The fourth-order valence-electron chi connectivity index (χ4n) is 2.17. The predicted molar refractivity (Wildman–Crippen MR) is 78.5 cm³/mol. The molecule has 1 unspecified atom stereocenters. The Morgan fingerprint density at radius 3 is 2.79 bits per heavy atom. The first-order chi connectivity index (χ1) is 9.09. The number of halogens is 1. The van der Waals surface area contributed by atoms with Gasteiger partial charge in [-0.05, 0) is 37.4 Å². The third-order valence-corrected chi connectivity index (χ3v) is 4.09. The number of aliphatic hydroxyl groups excluding tert-OH is 1. The highest BCUT2D eigenvalue weighted by Crippen LogP contribution is 2.30. The highest BCUT2D eigenvalue weighted by Gasteiger charge is 2.22. The van der Waals surface area contributed by atoms with Crippen molar-refractivity contribution in [1.29, 1.82) is 0 Å². The van der Waals surface area contributed by atoms with E-state index in [0.717, 1.165) is 29.4 Å². The largest absolute Gasteiger partial charge is 0.444 e. The molecule has 0 fully saturated rings. The number of aliphatic hydroxyl groups is 1. The number of benzene rings is 1. The van der Waals surface area contributed by atoms with Crippen LogP contribution in [-0.2, 0) is 6.54 Å². The monoisotopic (exact) mass is 281 g/mol. The Kier molecular flexibility index (Phi) is 4.50. The Labute approximate surface area is 118 Å². The third kappa shape index (κ3) is 3.11. The molecule has 2 N–H and O–H groups in total. The Bertz CT molecular complexity index is 552. The van der Waals surface area contributed by atoms with Crippen molar-refractivity contribution in [3.63, 3.8) is 0 Å². The van der Waals surface area contributed by atoms with Gasteiger partial charge in [0.2, 0.25) is 0 Å². The zero-order chi connectivity index (χ0) is 13.9. The van der Waals surface area contributed by atoms with Gasteiger partial charge in [0.05, 0.1) is 0 Å². The molecular formula is C15H20ClNO2. The lowest BCUT2D eigenvalue weighted by Crippen LogP contribution is -2.42. The van der Waals surface area contributed by atoms with Crippen LogP contribution < -0.4 is 5.32 Å². The molecule has 0 aliphatic carbocycles. The average molecular weight is 282 g/mol. The van der Waals surface area contributed by atoms with Crippen LogP contribution in [0.1, 0.15) is 32.3 Å². The smallest absolute Gasteiger partial charge is 0.199 e. The van der Waals surface area contributed by atoms with Gasteiger partial charge < -0.3 is 14.8 Å². The standard InChI is InChI=1S/C15H20ClNO2/c1-3-15(2,8-9-18)17-10-12-11-6-4-5-7-13(11)19-14(12)16/h4-7,17-18H,3,8-10H2,1-2H3. The zero-order valence-corrected chi connectivity index (χ0v) is 12.1. The van der Waals surface area contributed by atoms with Crippen LogP contribution in [0.15, 0.2) is 28.7 Å². The molecule has 104 valence electrons. The van der Waals surface area contributed by atoms with E-state index in [0.29, 0.717) is 11.8 Å². The molecule has 3 nitrogen and oxygen atoms in total. The van der Waals surface area contributed by atoms with E-state index in [-0.39, 0.29) is 12.1 Å². The fourth-order valence-corrected chi connectivity index (χ4v) is 2.42. The van der Waals surface area contributed by atoms with E-state index >= 15 is 0 Å².